The van der Waals surface area contributed by atoms with Crippen LogP contribution in [0.25, 0.3) is 0 Å². The van der Waals surface area contributed by atoms with Gasteiger partial charge in [0.1, 0.15) is 12.4 Å². The van der Waals surface area contributed by atoms with Gasteiger partial charge in [0.15, 0.2) is 0 Å². The van der Waals surface area contributed by atoms with Gasteiger partial charge >= 0.3 is 5.97 Å². The third-order valence-electron chi connectivity index (χ3n) is 2.64. The van der Waals surface area contributed by atoms with Crippen LogP contribution < -0.4 is 4.74 Å². The molecule has 0 bridgehead atoms. The third-order valence-corrected chi connectivity index (χ3v) is 2.64. The Hall–Kier alpha value is -1.59. The molecule has 1 aromatic rings. The molecule has 0 fully saturated rings. The first kappa shape index (κ1) is 15.5. The SMILES string of the molecule is COCCN(CCOc1cccc(C)c1)CC(=O)O. The molecule has 1 N–H and O–H groups in total. The molecule has 106 valence electrons. The highest BCUT2D eigenvalue weighted by Gasteiger charge is 2.09. The highest BCUT2D eigenvalue weighted by Crippen LogP contribution is 2.12. The number of carboxylic acid groups (broad SMARTS) is 1. The van der Waals surface area contributed by atoms with Crippen molar-refractivity contribution in [1.29, 1.82) is 0 Å². The summed E-state index contributed by atoms with van der Waals surface area (Å²) in [4.78, 5) is 12.5. The number of carbonyl (C=O) groups is 1. The van der Waals surface area contributed by atoms with Crippen LogP contribution in [-0.2, 0) is 9.53 Å². The number of carboxylic acids is 1. The second-order valence-electron chi connectivity index (χ2n) is 4.33. The molecule has 0 unspecified atom stereocenters. The number of benzene rings is 1. The van der Waals surface area contributed by atoms with Crippen molar-refractivity contribution in [3.8, 4) is 5.75 Å². The monoisotopic (exact) mass is 267 g/mol. The fourth-order valence-electron chi connectivity index (χ4n) is 1.68. The summed E-state index contributed by atoms with van der Waals surface area (Å²) in [5.74, 6) is -0.0336. The van der Waals surface area contributed by atoms with Crippen LogP contribution in [0.3, 0.4) is 0 Å². The molecule has 5 nitrogen and oxygen atoms in total. The second-order valence-corrected chi connectivity index (χ2v) is 4.33. The summed E-state index contributed by atoms with van der Waals surface area (Å²) in [5, 5.41) is 8.81. The fourth-order valence-corrected chi connectivity index (χ4v) is 1.68. The minimum atomic E-state index is -0.841. The van der Waals surface area contributed by atoms with E-state index in [4.69, 9.17) is 14.6 Å². The van der Waals surface area contributed by atoms with E-state index in [1.54, 1.807) is 12.0 Å². The Balaban J connectivity index is 2.36. The normalized spacial score (nSPS) is 10.7. The predicted octanol–water partition coefficient (Wildman–Crippen LogP) is 1.41. The van der Waals surface area contributed by atoms with E-state index in [0.29, 0.717) is 26.3 Å². The smallest absolute Gasteiger partial charge is 0.317 e. The summed E-state index contributed by atoms with van der Waals surface area (Å²) in [6, 6.07) is 7.78. The first-order valence-electron chi connectivity index (χ1n) is 6.24. The molecule has 0 aliphatic heterocycles. The molecule has 0 heterocycles. The average Bonchev–Trinajstić information content (AvgIpc) is 2.35. The van der Waals surface area contributed by atoms with Crippen molar-refractivity contribution in [2.75, 3.05) is 40.0 Å². The van der Waals surface area contributed by atoms with E-state index >= 15 is 0 Å². The highest BCUT2D eigenvalue weighted by atomic mass is 16.5. The zero-order chi connectivity index (χ0) is 14.1. The number of aliphatic carboxylic acids is 1. The molecule has 0 radical (unpaired) electrons. The van der Waals surface area contributed by atoms with Gasteiger partial charge in [0, 0.05) is 20.2 Å². The largest absolute Gasteiger partial charge is 0.492 e. The number of hydrogen-bond donors (Lipinski definition) is 1. The van der Waals surface area contributed by atoms with Gasteiger partial charge in [0.25, 0.3) is 0 Å². The Morgan fingerprint density at radius 1 is 1.32 bits per heavy atom. The summed E-state index contributed by atoms with van der Waals surface area (Å²) < 4.78 is 10.6. The van der Waals surface area contributed by atoms with Crippen molar-refractivity contribution >= 4 is 5.97 Å². The molecule has 19 heavy (non-hydrogen) atoms. The number of aryl methyl sites for hydroxylation is 1. The fraction of sp³-hybridized carbons (Fsp3) is 0.500. The molecule has 0 saturated carbocycles. The Kier molecular flexibility index (Phi) is 6.92. The molecular weight excluding hydrogens is 246 g/mol. The molecule has 0 aliphatic carbocycles. The lowest BCUT2D eigenvalue weighted by molar-refractivity contribution is -0.138. The molecule has 1 aromatic carbocycles. The summed E-state index contributed by atoms with van der Waals surface area (Å²) in [6.45, 7) is 4.12. The first-order chi connectivity index (χ1) is 9.11. The lowest BCUT2D eigenvalue weighted by Gasteiger charge is -2.19. The van der Waals surface area contributed by atoms with Gasteiger partial charge in [-0.3, -0.25) is 9.69 Å². The topological polar surface area (TPSA) is 59.0 Å². The van der Waals surface area contributed by atoms with Gasteiger partial charge in [-0.15, -0.1) is 0 Å². The van der Waals surface area contributed by atoms with Gasteiger partial charge in [0.2, 0.25) is 0 Å². The number of ether oxygens (including phenoxy) is 2. The van der Waals surface area contributed by atoms with Crippen molar-refractivity contribution in [2.45, 2.75) is 6.92 Å². The Labute approximate surface area is 113 Å². The van der Waals surface area contributed by atoms with E-state index in [1.807, 2.05) is 31.2 Å². The van der Waals surface area contributed by atoms with Gasteiger partial charge < -0.3 is 14.6 Å². The average molecular weight is 267 g/mol. The van der Waals surface area contributed by atoms with E-state index in [9.17, 15) is 4.79 Å². The quantitative estimate of drug-likeness (QED) is 0.733. The maximum Gasteiger partial charge on any atom is 0.317 e. The number of methoxy groups -OCH3 is 1. The van der Waals surface area contributed by atoms with Crippen LogP contribution in [0.4, 0.5) is 0 Å². The summed E-state index contributed by atoms with van der Waals surface area (Å²) in [5.41, 5.74) is 1.14. The van der Waals surface area contributed by atoms with Crippen LogP contribution >= 0.6 is 0 Å². The number of nitrogens with zero attached hydrogens (tertiary/aromatic N) is 1. The van der Waals surface area contributed by atoms with Crippen LogP contribution in [0.2, 0.25) is 0 Å². The van der Waals surface area contributed by atoms with E-state index in [1.165, 1.54) is 0 Å². The minimum absolute atomic E-state index is 0.000533. The highest BCUT2D eigenvalue weighted by molar-refractivity contribution is 5.69. The van der Waals surface area contributed by atoms with Gasteiger partial charge in [-0.1, -0.05) is 12.1 Å². The molecule has 1 rings (SSSR count). The van der Waals surface area contributed by atoms with E-state index < -0.39 is 5.97 Å². The first-order valence-corrected chi connectivity index (χ1v) is 6.24. The number of rotatable bonds is 9. The molecule has 0 atom stereocenters. The van der Waals surface area contributed by atoms with Crippen molar-refractivity contribution in [2.24, 2.45) is 0 Å². The van der Waals surface area contributed by atoms with Crippen LogP contribution in [0.5, 0.6) is 5.75 Å². The summed E-state index contributed by atoms with van der Waals surface area (Å²) in [6.07, 6.45) is 0. The van der Waals surface area contributed by atoms with Crippen molar-refractivity contribution in [3.63, 3.8) is 0 Å². The lowest BCUT2D eigenvalue weighted by Crippen LogP contribution is -2.35. The van der Waals surface area contributed by atoms with E-state index in [2.05, 4.69) is 0 Å². The van der Waals surface area contributed by atoms with Gasteiger partial charge in [-0.25, -0.2) is 0 Å². The standard InChI is InChI=1S/C14H21NO4/c1-12-4-3-5-13(10-12)19-9-7-15(6-8-18-2)11-14(16)17/h3-5,10H,6-9,11H2,1-2H3,(H,16,17). The lowest BCUT2D eigenvalue weighted by atomic mass is 10.2. The molecule has 0 aliphatic rings. The van der Waals surface area contributed by atoms with E-state index in [0.717, 1.165) is 11.3 Å². The van der Waals surface area contributed by atoms with Gasteiger partial charge in [0.05, 0.1) is 13.2 Å². The zero-order valence-corrected chi connectivity index (χ0v) is 11.5. The summed E-state index contributed by atoms with van der Waals surface area (Å²) >= 11 is 0. The molecule has 5 heteroatoms. The van der Waals surface area contributed by atoms with Crippen molar-refractivity contribution < 1.29 is 19.4 Å². The van der Waals surface area contributed by atoms with Crippen LogP contribution in [0, 0.1) is 6.92 Å². The van der Waals surface area contributed by atoms with Crippen LogP contribution in [-0.4, -0.2) is 55.9 Å². The van der Waals surface area contributed by atoms with Crippen LogP contribution in [0.15, 0.2) is 24.3 Å². The zero-order valence-electron chi connectivity index (χ0n) is 11.5. The molecule has 0 saturated heterocycles. The van der Waals surface area contributed by atoms with Crippen molar-refractivity contribution in [1.82, 2.24) is 4.90 Å². The maximum absolute atomic E-state index is 10.7. The second kappa shape index (κ2) is 8.50. The predicted molar refractivity (Wildman–Crippen MR) is 72.6 cm³/mol. The molecule has 0 amide bonds. The third kappa shape index (κ3) is 6.79. The van der Waals surface area contributed by atoms with Crippen molar-refractivity contribution in [3.05, 3.63) is 29.8 Å². The Morgan fingerprint density at radius 3 is 2.68 bits per heavy atom. The van der Waals surface area contributed by atoms with Crippen LogP contribution in [0.1, 0.15) is 5.56 Å². The van der Waals surface area contributed by atoms with Gasteiger partial charge in [-0.2, -0.15) is 0 Å². The maximum atomic E-state index is 10.7. The molecular formula is C14H21NO4. The van der Waals surface area contributed by atoms with Gasteiger partial charge in [-0.05, 0) is 24.6 Å². The summed E-state index contributed by atoms with van der Waals surface area (Å²) in [7, 11) is 1.60. The Morgan fingerprint density at radius 2 is 2.05 bits per heavy atom. The number of hydrogen-bond acceptors (Lipinski definition) is 4. The molecule has 0 aromatic heterocycles. The van der Waals surface area contributed by atoms with E-state index in [-0.39, 0.29) is 6.54 Å². The Bertz CT molecular complexity index is 395. The minimum Gasteiger partial charge on any atom is -0.492 e. The molecule has 0 spiro atoms.